The van der Waals surface area contributed by atoms with Crippen molar-refractivity contribution in [2.24, 2.45) is 5.92 Å². The predicted octanol–water partition coefficient (Wildman–Crippen LogP) is 3.27. The van der Waals surface area contributed by atoms with E-state index in [-0.39, 0.29) is 11.3 Å². The second-order valence-corrected chi connectivity index (χ2v) is 9.36. The largest absolute Gasteiger partial charge is 0.312 e. The van der Waals surface area contributed by atoms with Crippen LogP contribution in [0.4, 0.5) is 0 Å². The molecule has 3 atom stereocenters. The SMILES string of the molecule is CNC(c1ccc(Cl)s1)C1CCCC(S(C)(=O)=O)C1. The highest BCUT2D eigenvalue weighted by atomic mass is 35.5. The molecule has 6 heteroatoms. The summed E-state index contributed by atoms with van der Waals surface area (Å²) in [5.74, 6) is 0.369. The van der Waals surface area contributed by atoms with Gasteiger partial charge in [-0.2, -0.15) is 0 Å². The standard InChI is InChI=1S/C13H20ClNO2S2/c1-15-13(11-6-7-12(14)18-11)9-4-3-5-10(8-9)19(2,16)17/h6-7,9-10,13,15H,3-5,8H2,1-2H3. The molecule has 3 unspecified atom stereocenters. The minimum absolute atomic E-state index is 0.183. The highest BCUT2D eigenvalue weighted by molar-refractivity contribution is 7.91. The molecular formula is C13H20ClNO2S2. The molecule has 0 spiro atoms. The van der Waals surface area contributed by atoms with Crippen molar-refractivity contribution in [3.8, 4) is 0 Å². The van der Waals surface area contributed by atoms with E-state index < -0.39 is 9.84 Å². The van der Waals surface area contributed by atoms with Crippen molar-refractivity contribution in [3.05, 3.63) is 21.3 Å². The maximum Gasteiger partial charge on any atom is 0.150 e. The Kier molecular flexibility index (Phi) is 4.93. The summed E-state index contributed by atoms with van der Waals surface area (Å²) in [4.78, 5) is 1.20. The number of nitrogens with one attached hydrogen (secondary N) is 1. The summed E-state index contributed by atoms with van der Waals surface area (Å²) in [5, 5.41) is 3.15. The molecule has 0 saturated heterocycles. The van der Waals surface area contributed by atoms with Gasteiger partial charge >= 0.3 is 0 Å². The average molecular weight is 322 g/mol. The Balaban J connectivity index is 2.15. The van der Waals surface area contributed by atoms with Gasteiger partial charge in [0.1, 0.15) is 9.84 Å². The highest BCUT2D eigenvalue weighted by Crippen LogP contribution is 2.39. The van der Waals surface area contributed by atoms with Crippen LogP contribution in [0.1, 0.15) is 36.6 Å². The summed E-state index contributed by atoms with van der Waals surface area (Å²) in [6.45, 7) is 0. The number of rotatable bonds is 4. The second-order valence-electron chi connectivity index (χ2n) is 5.29. The van der Waals surface area contributed by atoms with Crippen LogP contribution in [-0.4, -0.2) is 27.0 Å². The minimum Gasteiger partial charge on any atom is -0.312 e. The summed E-state index contributed by atoms with van der Waals surface area (Å²) in [6, 6.07) is 4.16. The van der Waals surface area contributed by atoms with E-state index in [1.54, 1.807) is 11.3 Å². The van der Waals surface area contributed by atoms with Gasteiger partial charge < -0.3 is 5.32 Å². The van der Waals surface area contributed by atoms with E-state index in [0.29, 0.717) is 5.92 Å². The molecule has 1 heterocycles. The molecule has 1 aromatic heterocycles. The Labute approximate surface area is 124 Å². The van der Waals surface area contributed by atoms with Crippen LogP contribution in [0.25, 0.3) is 0 Å². The second kappa shape index (κ2) is 6.12. The van der Waals surface area contributed by atoms with Gasteiger partial charge in [0, 0.05) is 17.2 Å². The Bertz CT molecular complexity index is 527. The van der Waals surface area contributed by atoms with Gasteiger partial charge in [-0.1, -0.05) is 18.0 Å². The maximum atomic E-state index is 11.7. The number of thiophene rings is 1. The lowest BCUT2D eigenvalue weighted by Crippen LogP contribution is -2.34. The smallest absolute Gasteiger partial charge is 0.150 e. The van der Waals surface area contributed by atoms with Gasteiger partial charge in [-0.15, -0.1) is 11.3 Å². The predicted molar refractivity (Wildman–Crippen MR) is 81.7 cm³/mol. The Hall–Kier alpha value is -0.100. The number of halogens is 1. The summed E-state index contributed by atoms with van der Waals surface area (Å²) in [6.07, 6.45) is 4.97. The molecule has 0 aromatic carbocycles. The van der Waals surface area contributed by atoms with E-state index >= 15 is 0 Å². The van der Waals surface area contributed by atoms with Crippen LogP contribution in [0.15, 0.2) is 12.1 Å². The minimum atomic E-state index is -2.93. The molecule has 19 heavy (non-hydrogen) atoms. The first kappa shape index (κ1) is 15.3. The fourth-order valence-electron chi connectivity index (χ4n) is 2.98. The zero-order chi connectivity index (χ0) is 14.0. The van der Waals surface area contributed by atoms with Crippen molar-refractivity contribution in [1.29, 1.82) is 0 Å². The third kappa shape index (κ3) is 3.72. The lowest BCUT2D eigenvalue weighted by atomic mass is 9.83. The van der Waals surface area contributed by atoms with Crippen LogP contribution < -0.4 is 5.32 Å². The third-order valence-electron chi connectivity index (χ3n) is 3.96. The molecule has 1 aliphatic rings. The summed E-state index contributed by atoms with van der Waals surface area (Å²) >= 11 is 7.57. The quantitative estimate of drug-likeness (QED) is 0.925. The Morgan fingerprint density at radius 2 is 2.16 bits per heavy atom. The van der Waals surface area contributed by atoms with E-state index in [2.05, 4.69) is 5.32 Å². The molecule has 2 rings (SSSR count). The topological polar surface area (TPSA) is 46.2 Å². The van der Waals surface area contributed by atoms with Gasteiger partial charge in [0.05, 0.1) is 9.59 Å². The van der Waals surface area contributed by atoms with Crippen molar-refractivity contribution in [3.63, 3.8) is 0 Å². The molecule has 0 radical (unpaired) electrons. The summed E-state index contributed by atoms with van der Waals surface area (Å²) < 4.78 is 24.3. The van der Waals surface area contributed by atoms with Crippen LogP contribution in [0.3, 0.4) is 0 Å². The molecular weight excluding hydrogens is 302 g/mol. The third-order valence-corrected chi connectivity index (χ3v) is 6.91. The van der Waals surface area contributed by atoms with E-state index in [0.717, 1.165) is 30.0 Å². The normalized spacial score (nSPS) is 26.3. The number of hydrogen-bond acceptors (Lipinski definition) is 4. The van der Waals surface area contributed by atoms with Gasteiger partial charge in [0.2, 0.25) is 0 Å². The molecule has 1 aliphatic carbocycles. The van der Waals surface area contributed by atoms with Crippen molar-refractivity contribution >= 4 is 32.8 Å². The van der Waals surface area contributed by atoms with E-state index in [4.69, 9.17) is 11.6 Å². The summed E-state index contributed by atoms with van der Waals surface area (Å²) in [5.41, 5.74) is 0. The van der Waals surface area contributed by atoms with Crippen molar-refractivity contribution in [1.82, 2.24) is 5.32 Å². The molecule has 1 saturated carbocycles. The van der Waals surface area contributed by atoms with E-state index in [1.165, 1.54) is 11.1 Å². The van der Waals surface area contributed by atoms with Gasteiger partial charge in [-0.05, 0) is 44.4 Å². The molecule has 1 fully saturated rings. The molecule has 0 bridgehead atoms. The highest BCUT2D eigenvalue weighted by Gasteiger charge is 2.33. The van der Waals surface area contributed by atoms with Crippen LogP contribution >= 0.6 is 22.9 Å². The van der Waals surface area contributed by atoms with Crippen LogP contribution in [0, 0.1) is 5.92 Å². The maximum absolute atomic E-state index is 11.7. The van der Waals surface area contributed by atoms with Crippen LogP contribution in [-0.2, 0) is 9.84 Å². The molecule has 108 valence electrons. The fraction of sp³-hybridized carbons (Fsp3) is 0.692. The molecule has 0 amide bonds. The zero-order valence-corrected chi connectivity index (χ0v) is 13.6. The lowest BCUT2D eigenvalue weighted by molar-refractivity contribution is 0.285. The number of hydrogen-bond donors (Lipinski definition) is 1. The number of sulfone groups is 1. The molecule has 3 nitrogen and oxygen atoms in total. The average Bonchev–Trinajstić information content (AvgIpc) is 2.76. The van der Waals surface area contributed by atoms with Crippen LogP contribution in [0.5, 0.6) is 0 Å². The van der Waals surface area contributed by atoms with Gasteiger partial charge in [0.25, 0.3) is 0 Å². The molecule has 1 N–H and O–H groups in total. The van der Waals surface area contributed by atoms with Crippen molar-refractivity contribution in [2.75, 3.05) is 13.3 Å². The first-order chi connectivity index (χ1) is 8.91. The first-order valence-electron chi connectivity index (χ1n) is 6.53. The Morgan fingerprint density at radius 3 is 2.68 bits per heavy atom. The van der Waals surface area contributed by atoms with Crippen molar-refractivity contribution < 1.29 is 8.42 Å². The van der Waals surface area contributed by atoms with Gasteiger partial charge in [-0.25, -0.2) is 8.42 Å². The molecule has 0 aliphatic heterocycles. The van der Waals surface area contributed by atoms with Crippen molar-refractivity contribution in [2.45, 2.75) is 37.0 Å². The monoisotopic (exact) mass is 321 g/mol. The van der Waals surface area contributed by atoms with Crippen LogP contribution in [0.2, 0.25) is 4.34 Å². The summed E-state index contributed by atoms with van der Waals surface area (Å²) in [7, 11) is -0.995. The van der Waals surface area contributed by atoms with E-state index in [1.807, 2.05) is 19.2 Å². The fourth-order valence-corrected chi connectivity index (χ4v) is 5.43. The first-order valence-corrected chi connectivity index (χ1v) is 9.68. The Morgan fingerprint density at radius 1 is 1.42 bits per heavy atom. The zero-order valence-electron chi connectivity index (χ0n) is 11.2. The lowest BCUT2D eigenvalue weighted by Gasteiger charge is -2.33. The van der Waals surface area contributed by atoms with E-state index in [9.17, 15) is 8.42 Å². The molecule has 1 aromatic rings. The van der Waals surface area contributed by atoms with Gasteiger partial charge in [0.15, 0.2) is 0 Å². The van der Waals surface area contributed by atoms with Gasteiger partial charge in [-0.3, -0.25) is 0 Å².